The molecule has 0 atom stereocenters. The summed E-state index contributed by atoms with van der Waals surface area (Å²) in [4.78, 5) is 2.65. The lowest BCUT2D eigenvalue weighted by atomic mass is 9.96. The van der Waals surface area contributed by atoms with Crippen LogP contribution < -0.4 is 17.0 Å². The van der Waals surface area contributed by atoms with E-state index in [-0.39, 0.29) is 17.0 Å². The molecule has 0 fully saturated rings. The van der Waals surface area contributed by atoms with Crippen LogP contribution in [0.1, 0.15) is 82.3 Å². The first-order valence-corrected chi connectivity index (χ1v) is 13.8. The fourth-order valence-electron chi connectivity index (χ4n) is 4.58. The minimum absolute atomic E-state index is 0. The van der Waals surface area contributed by atoms with Gasteiger partial charge in [-0.2, -0.15) is 0 Å². The molecule has 0 saturated carbocycles. The summed E-state index contributed by atoms with van der Waals surface area (Å²) in [6.07, 6.45) is 16.1. The highest BCUT2D eigenvalue weighted by Crippen LogP contribution is 2.46. The van der Waals surface area contributed by atoms with Crippen LogP contribution in [0.15, 0.2) is 58.3 Å². The summed E-state index contributed by atoms with van der Waals surface area (Å²) in [5, 5.41) is 0.816. The lowest BCUT2D eigenvalue weighted by Gasteiger charge is -2.30. The molecule has 0 aromatic heterocycles. The zero-order valence-electron chi connectivity index (χ0n) is 20.7. The highest BCUT2D eigenvalue weighted by Gasteiger charge is 2.21. The normalized spacial score (nSPS) is 14.0. The second-order valence-electron chi connectivity index (χ2n) is 9.86. The molecule has 0 bridgehead atoms. The summed E-state index contributed by atoms with van der Waals surface area (Å²) >= 11 is 8.21. The quantitative estimate of drug-likeness (QED) is 0.179. The minimum atomic E-state index is 0. The maximum absolute atomic E-state index is 6.36. The number of halogens is 2. The number of rotatable bonds is 13. The van der Waals surface area contributed by atoms with E-state index in [9.17, 15) is 0 Å². The van der Waals surface area contributed by atoms with Crippen LogP contribution in [0.4, 0.5) is 0 Å². The van der Waals surface area contributed by atoms with Gasteiger partial charge < -0.3 is 21.5 Å². The van der Waals surface area contributed by atoms with Crippen molar-refractivity contribution in [2.24, 2.45) is 0 Å². The van der Waals surface area contributed by atoms with Gasteiger partial charge >= 0.3 is 0 Å². The third-order valence-corrected chi connectivity index (χ3v) is 7.97. The van der Waals surface area contributed by atoms with Crippen LogP contribution in [-0.4, -0.2) is 31.7 Å². The van der Waals surface area contributed by atoms with Gasteiger partial charge in [0.25, 0.3) is 0 Å². The number of benzene rings is 2. The average molecular weight is 551 g/mol. The molecule has 0 unspecified atom stereocenters. The van der Waals surface area contributed by atoms with E-state index in [4.69, 9.17) is 11.6 Å². The molecule has 0 saturated heterocycles. The highest BCUT2D eigenvalue weighted by atomic mass is 79.9. The van der Waals surface area contributed by atoms with Gasteiger partial charge in [-0.3, -0.25) is 0 Å². The molecule has 1 aliphatic heterocycles. The number of unbranched alkanes of at least 4 members (excludes halogenated alkanes) is 8. The highest BCUT2D eigenvalue weighted by molar-refractivity contribution is 7.99. The van der Waals surface area contributed by atoms with Crippen LogP contribution in [0, 0.1) is 0 Å². The fraction of sp³-hybridized carbons (Fsp3) is 0.517. The molecule has 2 aromatic carbocycles. The average Bonchev–Trinajstić information content (AvgIpc) is 2.77. The van der Waals surface area contributed by atoms with Gasteiger partial charge in [0, 0.05) is 21.2 Å². The van der Waals surface area contributed by atoms with Crippen LogP contribution in [0.5, 0.6) is 0 Å². The molecule has 0 amide bonds. The van der Waals surface area contributed by atoms with E-state index >= 15 is 0 Å². The Balaban J connectivity index is 0.00000385. The zero-order chi connectivity index (χ0) is 22.8. The second-order valence-corrected chi connectivity index (χ2v) is 11.4. The molecule has 1 heterocycles. The van der Waals surface area contributed by atoms with E-state index in [0.29, 0.717) is 0 Å². The van der Waals surface area contributed by atoms with Crippen molar-refractivity contribution in [1.29, 1.82) is 0 Å². The molecule has 1 nitrogen and oxygen atoms in total. The van der Waals surface area contributed by atoms with Gasteiger partial charge in [-0.25, -0.2) is 0 Å². The van der Waals surface area contributed by atoms with Crippen molar-refractivity contribution in [3.05, 3.63) is 64.7 Å². The topological polar surface area (TPSA) is 0 Å². The van der Waals surface area contributed by atoms with Gasteiger partial charge in [0.2, 0.25) is 0 Å². The first kappa shape index (κ1) is 28.5. The minimum Gasteiger partial charge on any atom is -1.00 e. The number of nitrogens with zero attached hydrogens (tertiary/aromatic N) is 1. The molecule has 0 radical (unpaired) electrons. The lowest BCUT2D eigenvalue weighted by Crippen LogP contribution is -3.00. The smallest absolute Gasteiger partial charge is 0.0817 e. The Bertz CT molecular complexity index is 893. The summed E-state index contributed by atoms with van der Waals surface area (Å²) < 4.78 is 1.10. The maximum atomic E-state index is 6.36. The molecule has 3 rings (SSSR count). The van der Waals surface area contributed by atoms with Crippen molar-refractivity contribution >= 4 is 28.9 Å². The Morgan fingerprint density at radius 3 is 2.15 bits per heavy atom. The first-order chi connectivity index (χ1) is 15.5. The van der Waals surface area contributed by atoms with Gasteiger partial charge in [0.15, 0.2) is 0 Å². The van der Waals surface area contributed by atoms with E-state index in [1.807, 2.05) is 17.8 Å². The molecular formula is C29H41BrClNS. The Morgan fingerprint density at radius 1 is 0.788 bits per heavy atom. The largest absolute Gasteiger partial charge is 1.00 e. The van der Waals surface area contributed by atoms with Gasteiger partial charge in [0.05, 0.1) is 27.2 Å². The van der Waals surface area contributed by atoms with Crippen LogP contribution in [0.25, 0.3) is 5.57 Å². The SMILES string of the molecule is CCCCCCCCCCC[N+](C)(C)CC/C=C1/c2ccccc2Sc2ccc(Cl)cc21.[Br-]. The van der Waals surface area contributed by atoms with Crippen molar-refractivity contribution in [3.8, 4) is 0 Å². The molecule has 0 aliphatic carbocycles. The molecule has 2 aromatic rings. The van der Waals surface area contributed by atoms with Crippen molar-refractivity contribution < 1.29 is 21.5 Å². The maximum Gasteiger partial charge on any atom is 0.0817 e. The molecular weight excluding hydrogens is 510 g/mol. The van der Waals surface area contributed by atoms with E-state index in [1.165, 1.54) is 97.4 Å². The molecule has 182 valence electrons. The zero-order valence-corrected chi connectivity index (χ0v) is 23.9. The van der Waals surface area contributed by atoms with Crippen molar-refractivity contribution in [3.63, 3.8) is 0 Å². The Hall–Kier alpha value is -0.740. The van der Waals surface area contributed by atoms with Crippen LogP contribution in [-0.2, 0) is 0 Å². The number of quaternary nitrogens is 1. The number of fused-ring (bicyclic) bond motifs is 2. The third kappa shape index (κ3) is 9.09. The molecule has 1 aliphatic rings. The standard InChI is InChI=1S/C29H41ClNS.BrH/c1-4-5-6-7-8-9-10-11-14-21-31(2,3)22-15-17-25-26-16-12-13-18-28(26)32-29-20-19-24(30)23-27(25)29;/h12-13,16-20,23H,4-11,14-15,21-22H2,1-3H3;1H/q+1;/p-1/b25-17-;. The van der Waals surface area contributed by atoms with Crippen LogP contribution in [0.2, 0.25) is 5.02 Å². The van der Waals surface area contributed by atoms with Gasteiger partial charge in [0.1, 0.15) is 0 Å². The van der Waals surface area contributed by atoms with Crippen molar-refractivity contribution in [1.82, 2.24) is 0 Å². The summed E-state index contributed by atoms with van der Waals surface area (Å²) in [6.45, 7) is 4.73. The summed E-state index contributed by atoms with van der Waals surface area (Å²) in [5.74, 6) is 0. The predicted molar refractivity (Wildman–Crippen MR) is 143 cm³/mol. The number of hydrogen-bond donors (Lipinski definition) is 0. The Morgan fingerprint density at radius 2 is 1.42 bits per heavy atom. The summed E-state index contributed by atoms with van der Waals surface area (Å²) in [6, 6.07) is 15.1. The third-order valence-electron chi connectivity index (χ3n) is 6.58. The predicted octanol–water partition coefficient (Wildman–Crippen LogP) is 6.24. The van der Waals surface area contributed by atoms with E-state index < -0.39 is 0 Å². The Kier molecular flexibility index (Phi) is 12.6. The number of hydrogen-bond acceptors (Lipinski definition) is 1. The van der Waals surface area contributed by atoms with E-state index in [1.54, 1.807) is 0 Å². The molecule has 33 heavy (non-hydrogen) atoms. The fourth-order valence-corrected chi connectivity index (χ4v) is 5.84. The monoisotopic (exact) mass is 549 g/mol. The van der Waals surface area contributed by atoms with Crippen molar-refractivity contribution in [2.45, 2.75) is 80.9 Å². The van der Waals surface area contributed by atoms with Gasteiger partial charge in [-0.05, 0) is 53.8 Å². The van der Waals surface area contributed by atoms with Crippen molar-refractivity contribution in [2.75, 3.05) is 27.2 Å². The van der Waals surface area contributed by atoms with E-state index in [2.05, 4.69) is 63.5 Å². The molecule has 0 spiro atoms. The van der Waals surface area contributed by atoms with Crippen LogP contribution >= 0.6 is 23.4 Å². The molecule has 0 N–H and O–H groups in total. The van der Waals surface area contributed by atoms with Crippen LogP contribution in [0.3, 0.4) is 0 Å². The van der Waals surface area contributed by atoms with E-state index in [0.717, 1.165) is 15.9 Å². The summed E-state index contributed by atoms with van der Waals surface area (Å²) in [5.41, 5.74) is 3.97. The molecule has 4 heteroatoms. The second kappa shape index (κ2) is 14.6. The Labute approximate surface area is 222 Å². The van der Waals surface area contributed by atoms with Gasteiger partial charge in [-0.15, -0.1) is 0 Å². The lowest BCUT2D eigenvalue weighted by molar-refractivity contribution is -0.890. The first-order valence-electron chi connectivity index (χ1n) is 12.6. The van der Waals surface area contributed by atoms with Gasteiger partial charge in [-0.1, -0.05) is 99.5 Å². The summed E-state index contributed by atoms with van der Waals surface area (Å²) in [7, 11) is 4.78.